The van der Waals surface area contributed by atoms with E-state index in [2.05, 4.69) is 16.9 Å². The molecule has 3 rings (SSSR count). The summed E-state index contributed by atoms with van der Waals surface area (Å²) >= 11 is 0. The number of fused-ring (bicyclic) bond motifs is 1. The van der Waals surface area contributed by atoms with E-state index in [1.165, 1.54) is 0 Å². The molecule has 0 amide bonds. The highest BCUT2D eigenvalue weighted by Gasteiger charge is 2.13. The highest BCUT2D eigenvalue weighted by atomic mass is 16.4. The van der Waals surface area contributed by atoms with E-state index < -0.39 is 5.97 Å². The van der Waals surface area contributed by atoms with Gasteiger partial charge in [0, 0.05) is 12.4 Å². The molecule has 1 aromatic carbocycles. The number of nitrogens with zero attached hydrogens (tertiary/aromatic N) is 3. The minimum Gasteiger partial charge on any atom is -0.478 e. The average molecular weight is 267 g/mol. The molecule has 0 aliphatic heterocycles. The Labute approximate surface area is 115 Å². The predicted molar refractivity (Wildman–Crippen MR) is 74.7 cm³/mol. The molecule has 5 nitrogen and oxygen atoms in total. The van der Waals surface area contributed by atoms with Crippen LogP contribution >= 0.6 is 0 Å². The lowest BCUT2D eigenvalue weighted by Gasteiger charge is -2.14. The Morgan fingerprint density at radius 2 is 2.20 bits per heavy atom. The number of aromatic carboxylic acids is 1. The molecule has 0 aliphatic carbocycles. The van der Waals surface area contributed by atoms with Crippen molar-refractivity contribution in [1.29, 1.82) is 0 Å². The Bertz CT molecular complexity index is 765. The van der Waals surface area contributed by atoms with Gasteiger partial charge in [0.25, 0.3) is 0 Å². The van der Waals surface area contributed by atoms with Crippen molar-refractivity contribution in [2.24, 2.45) is 0 Å². The first kappa shape index (κ1) is 12.3. The Kier molecular flexibility index (Phi) is 2.95. The molecule has 0 saturated heterocycles. The van der Waals surface area contributed by atoms with Gasteiger partial charge >= 0.3 is 5.97 Å². The number of pyridine rings is 1. The first-order valence-corrected chi connectivity index (χ1v) is 6.26. The van der Waals surface area contributed by atoms with E-state index in [1.54, 1.807) is 30.7 Å². The number of rotatable bonds is 3. The van der Waals surface area contributed by atoms with Gasteiger partial charge in [0.1, 0.15) is 0 Å². The predicted octanol–water partition coefficient (Wildman–Crippen LogP) is 2.74. The summed E-state index contributed by atoms with van der Waals surface area (Å²) in [7, 11) is 0. The lowest BCUT2D eigenvalue weighted by Crippen LogP contribution is -2.05. The summed E-state index contributed by atoms with van der Waals surface area (Å²) in [5.74, 6) is -0.943. The van der Waals surface area contributed by atoms with Gasteiger partial charge in [0.05, 0.1) is 29.0 Å². The Morgan fingerprint density at radius 1 is 1.35 bits per heavy atom. The summed E-state index contributed by atoms with van der Waals surface area (Å²) in [5.41, 5.74) is 2.91. The molecular weight excluding hydrogens is 254 g/mol. The van der Waals surface area contributed by atoms with Crippen molar-refractivity contribution in [2.45, 2.75) is 13.0 Å². The van der Waals surface area contributed by atoms with Crippen LogP contribution in [0.5, 0.6) is 0 Å². The largest absolute Gasteiger partial charge is 0.478 e. The van der Waals surface area contributed by atoms with Gasteiger partial charge in [-0.05, 0) is 36.8 Å². The van der Waals surface area contributed by atoms with Crippen LogP contribution in [0.4, 0.5) is 0 Å². The molecule has 20 heavy (non-hydrogen) atoms. The second kappa shape index (κ2) is 4.77. The highest BCUT2D eigenvalue weighted by molar-refractivity contribution is 5.92. The quantitative estimate of drug-likeness (QED) is 0.792. The smallest absolute Gasteiger partial charge is 0.335 e. The summed E-state index contributed by atoms with van der Waals surface area (Å²) in [5, 5.41) is 9.00. The van der Waals surface area contributed by atoms with Crippen LogP contribution in [0.3, 0.4) is 0 Å². The van der Waals surface area contributed by atoms with Crippen LogP contribution in [0.25, 0.3) is 11.0 Å². The molecule has 1 N–H and O–H groups in total. The first-order chi connectivity index (χ1) is 9.66. The minimum absolute atomic E-state index is 0.0874. The van der Waals surface area contributed by atoms with Gasteiger partial charge in [0.2, 0.25) is 0 Å². The third-order valence-electron chi connectivity index (χ3n) is 3.41. The molecule has 2 aromatic heterocycles. The van der Waals surface area contributed by atoms with E-state index >= 15 is 0 Å². The number of benzene rings is 1. The van der Waals surface area contributed by atoms with Gasteiger partial charge < -0.3 is 9.67 Å². The van der Waals surface area contributed by atoms with Crippen LogP contribution in [0, 0.1) is 0 Å². The van der Waals surface area contributed by atoms with Crippen LogP contribution in [-0.2, 0) is 0 Å². The summed E-state index contributed by atoms with van der Waals surface area (Å²) in [6, 6.07) is 8.97. The van der Waals surface area contributed by atoms with E-state index in [1.807, 2.05) is 22.9 Å². The lowest BCUT2D eigenvalue weighted by molar-refractivity contribution is 0.0697. The molecule has 0 fully saturated rings. The summed E-state index contributed by atoms with van der Waals surface area (Å²) < 4.78 is 2.01. The maximum Gasteiger partial charge on any atom is 0.335 e. The number of imidazole rings is 1. The van der Waals surface area contributed by atoms with E-state index in [0.29, 0.717) is 5.52 Å². The fourth-order valence-electron chi connectivity index (χ4n) is 2.26. The number of carbonyl (C=O) groups is 1. The van der Waals surface area contributed by atoms with Crippen molar-refractivity contribution in [2.75, 3.05) is 0 Å². The van der Waals surface area contributed by atoms with Crippen LogP contribution < -0.4 is 0 Å². The number of carboxylic acids is 1. The van der Waals surface area contributed by atoms with Crippen molar-refractivity contribution >= 4 is 17.0 Å². The molecule has 0 saturated carbocycles. The standard InChI is InChI=1S/C15H13N3O2/c1-10(12-3-2-6-16-8-12)18-9-17-13-7-11(15(19)20)4-5-14(13)18/h2-10H,1H3,(H,19,20). The molecule has 0 aliphatic rings. The van der Waals surface area contributed by atoms with Gasteiger partial charge in [-0.25, -0.2) is 9.78 Å². The Hall–Kier alpha value is -2.69. The fraction of sp³-hybridized carbons (Fsp3) is 0.133. The molecule has 3 aromatic rings. The third-order valence-corrected chi connectivity index (χ3v) is 3.41. The van der Waals surface area contributed by atoms with E-state index in [9.17, 15) is 4.79 Å². The van der Waals surface area contributed by atoms with Gasteiger partial charge in [-0.15, -0.1) is 0 Å². The van der Waals surface area contributed by atoms with Crippen LogP contribution in [-0.4, -0.2) is 25.6 Å². The van der Waals surface area contributed by atoms with E-state index in [4.69, 9.17) is 5.11 Å². The normalized spacial score (nSPS) is 12.4. The Balaban J connectivity index is 2.07. The van der Waals surface area contributed by atoms with Crippen molar-refractivity contribution < 1.29 is 9.90 Å². The number of hydrogen-bond acceptors (Lipinski definition) is 3. The minimum atomic E-state index is -0.943. The summed E-state index contributed by atoms with van der Waals surface area (Å²) in [6.45, 7) is 2.06. The topological polar surface area (TPSA) is 68.0 Å². The van der Waals surface area contributed by atoms with E-state index in [-0.39, 0.29) is 11.6 Å². The van der Waals surface area contributed by atoms with Gasteiger partial charge in [-0.2, -0.15) is 0 Å². The molecule has 1 atom stereocenters. The van der Waals surface area contributed by atoms with Crippen LogP contribution in [0.1, 0.15) is 28.9 Å². The molecular formula is C15H13N3O2. The summed E-state index contributed by atoms with van der Waals surface area (Å²) in [6.07, 6.45) is 5.29. The number of carboxylic acid groups (broad SMARTS) is 1. The SMILES string of the molecule is CC(c1cccnc1)n1cnc2cc(C(=O)O)ccc21. The molecule has 1 unspecified atom stereocenters. The van der Waals surface area contributed by atoms with Crippen molar-refractivity contribution in [3.63, 3.8) is 0 Å². The van der Waals surface area contributed by atoms with Gasteiger partial charge in [0.15, 0.2) is 0 Å². The van der Waals surface area contributed by atoms with Crippen LogP contribution in [0.2, 0.25) is 0 Å². The molecule has 2 heterocycles. The molecule has 0 spiro atoms. The molecule has 100 valence electrons. The zero-order chi connectivity index (χ0) is 14.1. The van der Waals surface area contributed by atoms with Gasteiger partial charge in [-0.3, -0.25) is 4.98 Å². The molecule has 0 radical (unpaired) electrons. The number of hydrogen-bond donors (Lipinski definition) is 1. The van der Waals surface area contributed by atoms with Crippen molar-refractivity contribution in [3.05, 3.63) is 60.2 Å². The Morgan fingerprint density at radius 3 is 2.90 bits per heavy atom. The van der Waals surface area contributed by atoms with Crippen molar-refractivity contribution in [3.8, 4) is 0 Å². The monoisotopic (exact) mass is 267 g/mol. The molecule has 0 bridgehead atoms. The molecule has 5 heteroatoms. The zero-order valence-corrected chi connectivity index (χ0v) is 10.9. The fourth-order valence-corrected chi connectivity index (χ4v) is 2.26. The lowest BCUT2D eigenvalue weighted by atomic mass is 10.1. The average Bonchev–Trinajstić information content (AvgIpc) is 2.90. The highest BCUT2D eigenvalue weighted by Crippen LogP contribution is 2.23. The van der Waals surface area contributed by atoms with E-state index in [0.717, 1.165) is 11.1 Å². The second-order valence-electron chi connectivity index (χ2n) is 4.62. The van der Waals surface area contributed by atoms with Gasteiger partial charge in [-0.1, -0.05) is 6.07 Å². The zero-order valence-electron chi connectivity index (χ0n) is 10.9. The summed E-state index contributed by atoms with van der Waals surface area (Å²) in [4.78, 5) is 19.4. The first-order valence-electron chi connectivity index (χ1n) is 6.26. The second-order valence-corrected chi connectivity index (χ2v) is 4.62. The van der Waals surface area contributed by atoms with Crippen LogP contribution in [0.15, 0.2) is 49.1 Å². The maximum absolute atomic E-state index is 11.0. The third kappa shape index (κ3) is 2.03. The van der Waals surface area contributed by atoms with Crippen molar-refractivity contribution in [1.82, 2.24) is 14.5 Å². The maximum atomic E-state index is 11.0. The number of aromatic nitrogens is 3.